The number of esters is 1. The number of aliphatic hydroxyl groups is 6. The molecule has 4 heterocycles. The number of hydrogen-bond donors (Lipinski definition) is 6. The van der Waals surface area contributed by atoms with Crippen molar-refractivity contribution >= 4 is 5.97 Å². The molecule has 0 aromatic heterocycles. The van der Waals surface area contributed by atoms with Crippen LogP contribution in [0.4, 0.5) is 0 Å². The van der Waals surface area contributed by atoms with Crippen molar-refractivity contribution in [3.05, 3.63) is 11.6 Å². The molecule has 0 amide bonds. The lowest BCUT2D eigenvalue weighted by Gasteiger charge is -2.65. The molecule has 3 saturated heterocycles. The van der Waals surface area contributed by atoms with Gasteiger partial charge in [-0.3, -0.25) is 0 Å². The highest BCUT2D eigenvalue weighted by Crippen LogP contribution is 2.70. The van der Waals surface area contributed by atoms with Crippen LogP contribution in [0, 0.1) is 34.5 Å². The molecular formula is C41H64O14. The third kappa shape index (κ3) is 6.95. The summed E-state index contributed by atoms with van der Waals surface area (Å²) in [4.78, 5) is 11.9. The van der Waals surface area contributed by atoms with E-state index in [2.05, 4.69) is 6.92 Å². The Bertz CT molecular complexity index is 1410. The molecule has 2 unspecified atom stereocenters. The molecule has 14 heteroatoms. The average Bonchev–Trinajstić information content (AvgIpc) is 3.67. The quantitative estimate of drug-likeness (QED) is 0.162. The van der Waals surface area contributed by atoms with Crippen molar-refractivity contribution in [3.8, 4) is 0 Å². The molecule has 312 valence electrons. The number of cyclic esters (lactones) is 1. The molecule has 8 rings (SSSR count). The summed E-state index contributed by atoms with van der Waals surface area (Å²) in [6, 6.07) is 0. The zero-order chi connectivity index (χ0) is 39.2. The highest BCUT2D eigenvalue weighted by atomic mass is 16.7. The molecule has 4 aliphatic carbocycles. The molecule has 4 aliphatic heterocycles. The first-order valence-corrected chi connectivity index (χ1v) is 20.9. The van der Waals surface area contributed by atoms with E-state index in [1.165, 1.54) is 0 Å². The summed E-state index contributed by atoms with van der Waals surface area (Å²) in [5.41, 5.74) is -0.892. The number of aliphatic hydroxyl groups excluding tert-OH is 5. The zero-order valence-corrected chi connectivity index (χ0v) is 32.9. The Labute approximate surface area is 323 Å². The van der Waals surface area contributed by atoms with Crippen LogP contribution in [-0.4, -0.2) is 135 Å². The van der Waals surface area contributed by atoms with Gasteiger partial charge in [0.15, 0.2) is 18.9 Å². The van der Waals surface area contributed by atoms with Gasteiger partial charge in [-0.05, 0) is 107 Å². The van der Waals surface area contributed by atoms with E-state index in [1.54, 1.807) is 19.9 Å². The number of rotatable bonds is 7. The minimum absolute atomic E-state index is 0.0452. The third-order valence-electron chi connectivity index (χ3n) is 16.0. The lowest BCUT2D eigenvalue weighted by molar-refractivity contribution is -0.336. The van der Waals surface area contributed by atoms with E-state index in [-0.39, 0.29) is 61.1 Å². The second kappa shape index (κ2) is 15.1. The first-order chi connectivity index (χ1) is 26.0. The molecule has 0 spiro atoms. The Kier molecular flexibility index (Phi) is 11.1. The molecule has 14 nitrogen and oxygen atoms in total. The van der Waals surface area contributed by atoms with Crippen LogP contribution in [0.1, 0.15) is 105 Å². The fraction of sp³-hybridized carbons (Fsp3) is 0.927. The van der Waals surface area contributed by atoms with Gasteiger partial charge in [0, 0.05) is 30.8 Å². The van der Waals surface area contributed by atoms with E-state index in [0.29, 0.717) is 18.8 Å². The van der Waals surface area contributed by atoms with Crippen molar-refractivity contribution in [2.75, 3.05) is 6.61 Å². The van der Waals surface area contributed by atoms with E-state index in [0.717, 1.165) is 44.1 Å². The van der Waals surface area contributed by atoms with Crippen molar-refractivity contribution in [1.82, 2.24) is 0 Å². The average molecular weight is 781 g/mol. The van der Waals surface area contributed by atoms with Gasteiger partial charge in [0.05, 0.1) is 54.4 Å². The van der Waals surface area contributed by atoms with E-state index in [1.807, 2.05) is 13.8 Å². The fourth-order valence-electron chi connectivity index (χ4n) is 12.8. The van der Waals surface area contributed by atoms with Crippen LogP contribution in [0.25, 0.3) is 0 Å². The SMILES string of the molecule is C[C@H]1O[C@@H](O[C@H]2[C@@H](O)C[C@H](O[C@H]3[C@@H](O)C[C@H](O[C@H]4CC[C@]5(C)C6C[C@@H](O)[C@]7(C)[C@@H](C8=CC(=O)OC8)CC[C@]7(O)C6CC[C@@H]5C4)O[C@@H]3C)O[C@@H]2C)C[C@H](O)[C@@H]1O. The van der Waals surface area contributed by atoms with Gasteiger partial charge in [-0.15, -0.1) is 0 Å². The lowest BCUT2D eigenvalue weighted by Crippen LogP contribution is -2.67. The van der Waals surface area contributed by atoms with E-state index < -0.39 is 90.9 Å². The van der Waals surface area contributed by atoms with Gasteiger partial charge in [-0.2, -0.15) is 0 Å². The zero-order valence-electron chi connectivity index (χ0n) is 32.9. The van der Waals surface area contributed by atoms with Gasteiger partial charge in [0.25, 0.3) is 0 Å². The van der Waals surface area contributed by atoms with Crippen LogP contribution in [0.5, 0.6) is 0 Å². The van der Waals surface area contributed by atoms with Crippen LogP contribution >= 0.6 is 0 Å². The van der Waals surface area contributed by atoms with Crippen LogP contribution in [0.2, 0.25) is 0 Å². The van der Waals surface area contributed by atoms with E-state index in [4.69, 9.17) is 33.2 Å². The maximum atomic E-state index is 12.6. The summed E-state index contributed by atoms with van der Waals surface area (Å²) in [6.07, 6.45) is -1.51. The molecule has 21 atom stereocenters. The second-order valence-electron chi connectivity index (χ2n) is 18.8. The Morgan fingerprint density at radius 3 is 1.87 bits per heavy atom. The first-order valence-electron chi connectivity index (χ1n) is 20.9. The van der Waals surface area contributed by atoms with Gasteiger partial charge in [0.2, 0.25) is 0 Å². The van der Waals surface area contributed by atoms with Crippen LogP contribution in [0.3, 0.4) is 0 Å². The fourth-order valence-corrected chi connectivity index (χ4v) is 12.8. The highest BCUT2D eigenvalue weighted by molar-refractivity contribution is 5.85. The molecule has 0 bridgehead atoms. The first kappa shape index (κ1) is 40.5. The van der Waals surface area contributed by atoms with E-state index >= 15 is 0 Å². The smallest absolute Gasteiger partial charge is 0.331 e. The third-order valence-corrected chi connectivity index (χ3v) is 16.0. The van der Waals surface area contributed by atoms with Gasteiger partial charge in [-0.1, -0.05) is 13.8 Å². The molecule has 8 aliphatic rings. The number of hydrogen-bond acceptors (Lipinski definition) is 14. The van der Waals surface area contributed by atoms with Crippen molar-refractivity contribution in [2.45, 2.75) is 197 Å². The monoisotopic (exact) mass is 780 g/mol. The predicted octanol–water partition coefficient (Wildman–Crippen LogP) is 2.22. The number of fused-ring (bicyclic) bond motifs is 5. The summed E-state index contributed by atoms with van der Waals surface area (Å²) >= 11 is 0. The lowest BCUT2D eigenvalue weighted by atomic mass is 9.42. The molecule has 55 heavy (non-hydrogen) atoms. The molecule has 4 saturated carbocycles. The van der Waals surface area contributed by atoms with Crippen LogP contribution < -0.4 is 0 Å². The second-order valence-corrected chi connectivity index (χ2v) is 18.8. The molecule has 0 radical (unpaired) electrons. The Balaban J connectivity index is 0.837. The summed E-state index contributed by atoms with van der Waals surface area (Å²) in [7, 11) is 0. The van der Waals surface area contributed by atoms with E-state index in [9.17, 15) is 35.4 Å². The van der Waals surface area contributed by atoms with Crippen LogP contribution in [-0.2, 0) is 38.0 Å². The maximum Gasteiger partial charge on any atom is 0.331 e. The molecular weight excluding hydrogens is 716 g/mol. The molecule has 7 fully saturated rings. The molecule has 0 aromatic rings. The maximum absolute atomic E-state index is 12.6. The summed E-state index contributed by atoms with van der Waals surface area (Å²) in [5.74, 6) is 0.204. The van der Waals surface area contributed by atoms with Crippen molar-refractivity contribution in [1.29, 1.82) is 0 Å². The Morgan fingerprint density at radius 1 is 0.691 bits per heavy atom. The highest BCUT2D eigenvalue weighted by Gasteiger charge is 2.71. The Morgan fingerprint density at radius 2 is 1.29 bits per heavy atom. The minimum atomic E-state index is -1.01. The standard InChI is InChI=1S/C41H64O14/c1-19-36(47)28(42)15-34(50-19)54-38-21(3)52-35(17-30(38)44)55-37-20(2)51-33(16-29(37)43)53-24-8-10-39(4)23(13-24)6-7-26-27(39)14-31(45)40(5)25(9-11-41(26,40)48)22-12-32(46)49-18-22/h12,19-21,23-31,33-38,42-45,47-48H,6-11,13-18H2,1-5H3/t19-,20-,21-,23-,24+,25-,26?,27?,28+,29+,30+,31-,33+,34+,35+,36-,37-,38-,39+,40+,41+/m1/s1. The predicted molar refractivity (Wildman–Crippen MR) is 193 cm³/mol. The minimum Gasteiger partial charge on any atom is -0.458 e. The largest absolute Gasteiger partial charge is 0.458 e. The van der Waals surface area contributed by atoms with Crippen molar-refractivity contribution in [2.24, 2.45) is 34.5 Å². The summed E-state index contributed by atoms with van der Waals surface area (Å²) < 4.78 is 42.1. The van der Waals surface area contributed by atoms with Crippen molar-refractivity contribution in [3.63, 3.8) is 0 Å². The molecule has 6 N–H and O–H groups in total. The Hall–Kier alpha value is -1.27. The number of carbonyl (C=O) groups is 1. The summed E-state index contributed by atoms with van der Waals surface area (Å²) in [6.45, 7) is 9.90. The summed E-state index contributed by atoms with van der Waals surface area (Å²) in [5, 5.41) is 66.9. The van der Waals surface area contributed by atoms with Gasteiger partial charge in [0.1, 0.15) is 24.9 Å². The normalized spacial score (nSPS) is 55.5. The topological polar surface area (TPSA) is 203 Å². The number of ether oxygens (including phenoxy) is 7. The van der Waals surface area contributed by atoms with Gasteiger partial charge >= 0.3 is 5.97 Å². The van der Waals surface area contributed by atoms with Gasteiger partial charge < -0.3 is 63.8 Å². The van der Waals surface area contributed by atoms with Gasteiger partial charge in [-0.25, -0.2) is 4.79 Å². The van der Waals surface area contributed by atoms with Crippen LogP contribution in [0.15, 0.2) is 11.6 Å². The molecule has 0 aromatic carbocycles. The van der Waals surface area contributed by atoms with Crippen molar-refractivity contribution < 1.29 is 68.6 Å². The number of carbonyl (C=O) groups excluding carboxylic acids is 1.